The van der Waals surface area contributed by atoms with Gasteiger partial charge in [-0.2, -0.15) is 13.2 Å². The van der Waals surface area contributed by atoms with Gasteiger partial charge in [0, 0.05) is 11.3 Å². The zero-order valence-corrected chi connectivity index (χ0v) is 15.6. The van der Waals surface area contributed by atoms with Crippen LogP contribution in [0.4, 0.5) is 24.7 Å². The van der Waals surface area contributed by atoms with Gasteiger partial charge in [0.1, 0.15) is 5.69 Å². The van der Waals surface area contributed by atoms with Crippen molar-refractivity contribution in [2.75, 3.05) is 11.1 Å². The molecule has 0 saturated heterocycles. The fourth-order valence-corrected chi connectivity index (χ4v) is 3.23. The lowest BCUT2D eigenvalue weighted by Gasteiger charge is -2.10. The van der Waals surface area contributed by atoms with Crippen molar-refractivity contribution in [3.8, 4) is 0 Å². The van der Waals surface area contributed by atoms with Crippen LogP contribution in [-0.2, 0) is 11.9 Å². The molecule has 1 amide bonds. The lowest BCUT2D eigenvalue weighted by molar-refractivity contribution is -0.137. The average Bonchev–Trinajstić information content (AvgIpc) is 2.69. The highest BCUT2D eigenvalue weighted by Crippen LogP contribution is 2.31. The van der Waals surface area contributed by atoms with Crippen LogP contribution in [0.1, 0.15) is 21.5 Å². The molecule has 0 aliphatic heterocycles. The van der Waals surface area contributed by atoms with E-state index in [0.29, 0.717) is 11.1 Å². The molecule has 0 aliphatic carbocycles. The Bertz CT molecular complexity index is 1080. The largest absolute Gasteiger partial charge is 0.416 e. The monoisotopic (exact) mass is 420 g/mol. The van der Waals surface area contributed by atoms with Gasteiger partial charge in [0.15, 0.2) is 11.0 Å². The molecular formula is C19H15F3N4O2S. The molecule has 1 heterocycles. The first-order valence-electron chi connectivity index (χ1n) is 8.29. The molecule has 4 N–H and O–H groups in total. The van der Waals surface area contributed by atoms with Gasteiger partial charge in [0.05, 0.1) is 5.56 Å². The number of halogens is 3. The van der Waals surface area contributed by atoms with Gasteiger partial charge in [0.25, 0.3) is 11.5 Å². The van der Waals surface area contributed by atoms with E-state index in [1.807, 2.05) is 0 Å². The van der Waals surface area contributed by atoms with Gasteiger partial charge in [-0.15, -0.1) is 0 Å². The average molecular weight is 420 g/mol. The molecule has 29 heavy (non-hydrogen) atoms. The molecule has 0 saturated carbocycles. The van der Waals surface area contributed by atoms with E-state index in [9.17, 15) is 22.8 Å². The van der Waals surface area contributed by atoms with Gasteiger partial charge in [-0.25, -0.2) is 4.98 Å². The summed E-state index contributed by atoms with van der Waals surface area (Å²) in [5.41, 5.74) is 4.94. The van der Waals surface area contributed by atoms with Gasteiger partial charge >= 0.3 is 6.18 Å². The molecule has 150 valence electrons. The Balaban J connectivity index is 1.73. The maximum absolute atomic E-state index is 12.8. The summed E-state index contributed by atoms with van der Waals surface area (Å²) in [7, 11) is 0. The number of nitrogen functional groups attached to an aromatic ring is 1. The number of thioether (sulfide) groups is 1. The van der Waals surface area contributed by atoms with Crippen LogP contribution in [-0.4, -0.2) is 15.9 Å². The number of nitrogens with two attached hydrogens (primary N) is 1. The second kappa shape index (κ2) is 8.39. The topological polar surface area (TPSA) is 101 Å². The zero-order chi connectivity index (χ0) is 21.0. The van der Waals surface area contributed by atoms with Crippen molar-refractivity contribution in [2.24, 2.45) is 0 Å². The first-order chi connectivity index (χ1) is 13.7. The molecule has 1 aromatic heterocycles. The summed E-state index contributed by atoms with van der Waals surface area (Å²) >= 11 is 1.02. The van der Waals surface area contributed by atoms with Gasteiger partial charge < -0.3 is 11.1 Å². The molecule has 0 bridgehead atoms. The highest BCUT2D eigenvalue weighted by molar-refractivity contribution is 7.98. The summed E-state index contributed by atoms with van der Waals surface area (Å²) in [6, 6.07) is 13.1. The maximum atomic E-state index is 12.8. The minimum absolute atomic E-state index is 0.127. The van der Waals surface area contributed by atoms with Gasteiger partial charge in [0.2, 0.25) is 0 Å². The number of alkyl halides is 3. The number of hydrogen-bond donors (Lipinski definition) is 3. The third-order valence-electron chi connectivity index (χ3n) is 3.83. The number of carbonyl (C=O) groups is 1. The number of benzene rings is 2. The quantitative estimate of drug-likeness (QED) is 0.429. The fraction of sp³-hybridized carbons (Fsp3) is 0.105. The SMILES string of the molecule is Nc1nc(SCc2cccc(C(F)(F)F)c2)[nH]c(=O)c1NC(=O)c1ccccc1. The van der Waals surface area contributed by atoms with Crippen LogP contribution >= 0.6 is 11.8 Å². The molecule has 3 rings (SSSR count). The van der Waals surface area contributed by atoms with Crippen LogP contribution in [0.3, 0.4) is 0 Å². The number of hydrogen-bond acceptors (Lipinski definition) is 5. The van der Waals surface area contributed by atoms with Gasteiger partial charge in [-0.3, -0.25) is 14.6 Å². The van der Waals surface area contributed by atoms with Crippen molar-refractivity contribution in [1.29, 1.82) is 0 Å². The van der Waals surface area contributed by atoms with Crippen molar-refractivity contribution in [2.45, 2.75) is 17.1 Å². The van der Waals surface area contributed by atoms with E-state index in [4.69, 9.17) is 5.73 Å². The Morgan fingerprint density at radius 2 is 1.86 bits per heavy atom. The third kappa shape index (κ3) is 5.17. The Morgan fingerprint density at radius 1 is 1.14 bits per heavy atom. The van der Waals surface area contributed by atoms with E-state index in [1.165, 1.54) is 12.1 Å². The lowest BCUT2D eigenvalue weighted by Crippen LogP contribution is -2.23. The number of H-pyrrole nitrogens is 1. The van der Waals surface area contributed by atoms with E-state index in [1.54, 1.807) is 30.3 Å². The van der Waals surface area contributed by atoms with Crippen LogP contribution in [0, 0.1) is 0 Å². The highest BCUT2D eigenvalue weighted by atomic mass is 32.2. The Labute approximate surface area is 167 Å². The van der Waals surface area contributed by atoms with E-state index in [0.717, 1.165) is 23.9 Å². The molecule has 0 fully saturated rings. The molecule has 0 aliphatic rings. The molecule has 10 heteroatoms. The molecule has 2 aromatic carbocycles. The Hall–Kier alpha value is -3.27. The van der Waals surface area contributed by atoms with Crippen molar-refractivity contribution in [1.82, 2.24) is 9.97 Å². The van der Waals surface area contributed by atoms with Crippen molar-refractivity contribution < 1.29 is 18.0 Å². The predicted octanol–water partition coefficient (Wildman–Crippen LogP) is 3.92. The zero-order valence-electron chi connectivity index (χ0n) is 14.8. The van der Waals surface area contributed by atoms with E-state index < -0.39 is 23.2 Å². The van der Waals surface area contributed by atoms with Crippen LogP contribution in [0.2, 0.25) is 0 Å². The van der Waals surface area contributed by atoms with Crippen molar-refractivity contribution >= 4 is 29.2 Å². The predicted molar refractivity (Wildman–Crippen MR) is 105 cm³/mol. The fourth-order valence-electron chi connectivity index (χ4n) is 2.42. The van der Waals surface area contributed by atoms with E-state index in [-0.39, 0.29) is 22.4 Å². The minimum Gasteiger partial charge on any atom is -0.382 e. The van der Waals surface area contributed by atoms with Crippen LogP contribution in [0.25, 0.3) is 0 Å². The number of aromatic nitrogens is 2. The number of rotatable bonds is 5. The first-order valence-corrected chi connectivity index (χ1v) is 9.28. The summed E-state index contributed by atoms with van der Waals surface area (Å²) in [6.45, 7) is 0. The number of nitrogens with zero attached hydrogens (tertiary/aromatic N) is 1. The van der Waals surface area contributed by atoms with Gasteiger partial charge in [-0.05, 0) is 23.8 Å². The molecule has 3 aromatic rings. The van der Waals surface area contributed by atoms with Crippen LogP contribution < -0.4 is 16.6 Å². The standard InChI is InChI=1S/C19H15F3N4O2S/c20-19(21,22)13-8-4-5-11(9-13)10-29-18-25-15(23)14(17(28)26-18)24-16(27)12-6-2-1-3-7-12/h1-9H,10H2,(H,24,27)(H3,23,25,26,28). The van der Waals surface area contributed by atoms with E-state index >= 15 is 0 Å². The highest BCUT2D eigenvalue weighted by Gasteiger charge is 2.30. The van der Waals surface area contributed by atoms with Crippen LogP contribution in [0.15, 0.2) is 64.5 Å². The number of anilines is 2. The molecule has 0 unspecified atom stereocenters. The van der Waals surface area contributed by atoms with E-state index in [2.05, 4.69) is 15.3 Å². The first kappa shape index (κ1) is 20.5. The number of carbonyl (C=O) groups excluding carboxylic acids is 1. The second-order valence-corrected chi connectivity index (χ2v) is 6.90. The summed E-state index contributed by atoms with van der Waals surface area (Å²) < 4.78 is 38.4. The summed E-state index contributed by atoms with van der Waals surface area (Å²) in [5, 5.41) is 2.54. The summed E-state index contributed by atoms with van der Waals surface area (Å²) in [6.07, 6.45) is -4.43. The number of nitrogens with one attached hydrogen (secondary N) is 2. The molecule has 0 radical (unpaired) electrons. The smallest absolute Gasteiger partial charge is 0.382 e. The third-order valence-corrected chi connectivity index (χ3v) is 4.77. The summed E-state index contributed by atoms with van der Waals surface area (Å²) in [4.78, 5) is 30.9. The number of amides is 1. The molecular weight excluding hydrogens is 405 g/mol. The van der Waals surface area contributed by atoms with Crippen molar-refractivity contribution in [3.05, 3.63) is 81.6 Å². The molecule has 6 nitrogen and oxygen atoms in total. The molecule has 0 atom stereocenters. The Morgan fingerprint density at radius 3 is 2.52 bits per heavy atom. The molecule has 0 spiro atoms. The second-order valence-electron chi connectivity index (χ2n) is 5.94. The number of aromatic amines is 1. The Kier molecular flexibility index (Phi) is 5.92. The van der Waals surface area contributed by atoms with Crippen LogP contribution in [0.5, 0.6) is 0 Å². The minimum atomic E-state index is -4.43. The lowest BCUT2D eigenvalue weighted by atomic mass is 10.1. The summed E-state index contributed by atoms with van der Waals surface area (Å²) in [5.74, 6) is -0.569. The normalized spacial score (nSPS) is 11.3. The maximum Gasteiger partial charge on any atom is 0.416 e. The van der Waals surface area contributed by atoms with Crippen molar-refractivity contribution in [3.63, 3.8) is 0 Å². The van der Waals surface area contributed by atoms with Gasteiger partial charge in [-0.1, -0.05) is 48.2 Å².